The fraction of sp³-hybridized carbons (Fsp3) is 0.400. The highest BCUT2D eigenvalue weighted by molar-refractivity contribution is 5.83. The highest BCUT2D eigenvalue weighted by Gasteiger charge is 2.20. The monoisotopic (exact) mass is 497 g/mol. The zero-order valence-corrected chi connectivity index (χ0v) is 20.4. The van der Waals surface area contributed by atoms with Crippen molar-refractivity contribution in [1.82, 2.24) is 24.5 Å². The summed E-state index contributed by atoms with van der Waals surface area (Å²) < 4.78 is 39.2. The normalized spacial score (nSPS) is 15.3. The largest absolute Gasteiger partial charge is 0.488 e. The SMILES string of the molecule is Cc1cc2c(F)c(Oc3ncnn4cc(OC[C@@H](C)OC(=O)CN5CCOCC5)c(C)c34)ccc2[nH]1. The van der Waals surface area contributed by atoms with Crippen molar-refractivity contribution in [2.75, 3.05) is 39.5 Å². The smallest absolute Gasteiger partial charge is 0.320 e. The third-order valence-electron chi connectivity index (χ3n) is 6.05. The summed E-state index contributed by atoms with van der Waals surface area (Å²) in [4.78, 5) is 21.6. The number of morpholine rings is 1. The van der Waals surface area contributed by atoms with Crippen molar-refractivity contribution in [1.29, 1.82) is 0 Å². The van der Waals surface area contributed by atoms with E-state index in [1.54, 1.807) is 35.8 Å². The molecule has 0 amide bonds. The molecule has 3 aromatic heterocycles. The standard InChI is InChI=1S/C25H28FN5O5/c1-15-10-18-19(29-15)4-5-20(23(18)26)36-25-24-17(3)21(11-31(24)28-14-27-25)34-13-16(2)35-22(32)12-30-6-8-33-9-7-30/h4-5,10-11,14,16,29H,6-9,12-13H2,1-3H3/t16-/m1/s1. The van der Waals surface area contributed by atoms with Gasteiger partial charge in [-0.05, 0) is 39.0 Å². The predicted molar refractivity (Wildman–Crippen MR) is 129 cm³/mol. The highest BCUT2D eigenvalue weighted by Crippen LogP contribution is 2.34. The van der Waals surface area contributed by atoms with Gasteiger partial charge >= 0.3 is 5.97 Å². The molecule has 0 bridgehead atoms. The van der Waals surface area contributed by atoms with Crippen molar-refractivity contribution >= 4 is 22.4 Å². The molecule has 1 aliphatic heterocycles. The maximum atomic E-state index is 15.1. The lowest BCUT2D eigenvalue weighted by Gasteiger charge is -2.26. The molecule has 1 aromatic carbocycles. The van der Waals surface area contributed by atoms with Gasteiger partial charge in [0.2, 0.25) is 5.88 Å². The summed E-state index contributed by atoms with van der Waals surface area (Å²) in [6.45, 7) is 8.53. The summed E-state index contributed by atoms with van der Waals surface area (Å²) in [6, 6.07) is 5.06. The zero-order valence-electron chi connectivity index (χ0n) is 20.4. The second-order valence-corrected chi connectivity index (χ2v) is 8.87. The Morgan fingerprint density at radius 3 is 2.86 bits per heavy atom. The van der Waals surface area contributed by atoms with E-state index in [9.17, 15) is 4.79 Å². The molecule has 0 aliphatic carbocycles. The number of hydrogen-bond acceptors (Lipinski definition) is 8. The fourth-order valence-electron chi connectivity index (χ4n) is 4.24. The minimum absolute atomic E-state index is 0.0611. The van der Waals surface area contributed by atoms with E-state index in [0.29, 0.717) is 48.5 Å². The average Bonchev–Trinajstić information content (AvgIpc) is 3.40. The van der Waals surface area contributed by atoms with E-state index in [1.807, 2.05) is 18.7 Å². The second-order valence-electron chi connectivity index (χ2n) is 8.87. The van der Waals surface area contributed by atoms with Crippen LogP contribution in [-0.4, -0.2) is 76.0 Å². The first-order valence-corrected chi connectivity index (χ1v) is 11.8. The number of nitrogens with zero attached hydrogens (tertiary/aromatic N) is 4. The van der Waals surface area contributed by atoms with Crippen LogP contribution in [0.1, 0.15) is 18.2 Å². The van der Waals surface area contributed by atoms with Gasteiger partial charge in [-0.15, -0.1) is 0 Å². The van der Waals surface area contributed by atoms with Crippen LogP contribution >= 0.6 is 0 Å². The zero-order chi connectivity index (χ0) is 25.2. The summed E-state index contributed by atoms with van der Waals surface area (Å²) in [5, 5.41) is 4.67. The van der Waals surface area contributed by atoms with E-state index < -0.39 is 11.9 Å². The quantitative estimate of drug-likeness (QED) is 0.370. The molecule has 1 atom stereocenters. The molecule has 36 heavy (non-hydrogen) atoms. The number of aryl methyl sites for hydroxylation is 2. The number of ether oxygens (including phenoxy) is 4. The van der Waals surface area contributed by atoms with Gasteiger partial charge in [0, 0.05) is 35.2 Å². The van der Waals surface area contributed by atoms with Crippen LogP contribution in [0.2, 0.25) is 0 Å². The van der Waals surface area contributed by atoms with Crippen LogP contribution in [0.4, 0.5) is 4.39 Å². The molecule has 11 heteroatoms. The van der Waals surface area contributed by atoms with Crippen LogP contribution in [0.3, 0.4) is 0 Å². The molecule has 1 fully saturated rings. The molecule has 0 radical (unpaired) electrons. The first-order valence-electron chi connectivity index (χ1n) is 11.8. The summed E-state index contributed by atoms with van der Waals surface area (Å²) in [6.07, 6.45) is 2.57. The summed E-state index contributed by atoms with van der Waals surface area (Å²) >= 11 is 0. The number of carbonyl (C=O) groups excluding carboxylic acids is 1. The number of aromatic nitrogens is 4. The number of fused-ring (bicyclic) bond motifs is 2. The minimum atomic E-state index is -0.470. The number of esters is 1. The first kappa shape index (κ1) is 24.0. The Hall–Kier alpha value is -3.70. The summed E-state index contributed by atoms with van der Waals surface area (Å²) in [7, 11) is 0. The average molecular weight is 498 g/mol. The van der Waals surface area contributed by atoms with Crippen LogP contribution in [0, 0.1) is 19.7 Å². The highest BCUT2D eigenvalue weighted by atomic mass is 19.1. The molecule has 4 aromatic rings. The molecule has 5 rings (SSSR count). The number of benzene rings is 1. The van der Waals surface area contributed by atoms with Crippen LogP contribution < -0.4 is 9.47 Å². The lowest BCUT2D eigenvalue weighted by atomic mass is 10.2. The Bertz CT molecular complexity index is 1390. The van der Waals surface area contributed by atoms with Crippen molar-refractivity contribution < 1.29 is 28.1 Å². The molecule has 1 saturated heterocycles. The number of nitrogens with one attached hydrogen (secondary N) is 1. The minimum Gasteiger partial charge on any atom is -0.488 e. The van der Waals surface area contributed by atoms with Gasteiger partial charge in [0.15, 0.2) is 11.6 Å². The maximum Gasteiger partial charge on any atom is 0.320 e. The number of H-pyrrole nitrogens is 1. The Labute approximate surface area is 206 Å². The molecular weight excluding hydrogens is 469 g/mol. The fourth-order valence-corrected chi connectivity index (χ4v) is 4.24. The second kappa shape index (κ2) is 10.1. The summed E-state index contributed by atoms with van der Waals surface area (Å²) in [5.41, 5.74) is 2.82. The Morgan fingerprint density at radius 1 is 1.25 bits per heavy atom. The van der Waals surface area contributed by atoms with Crippen LogP contribution in [0.5, 0.6) is 17.4 Å². The first-order chi connectivity index (χ1) is 17.4. The molecule has 1 aliphatic rings. The van der Waals surface area contributed by atoms with Crippen LogP contribution in [0.15, 0.2) is 30.7 Å². The molecule has 0 spiro atoms. The Morgan fingerprint density at radius 2 is 2.06 bits per heavy atom. The third-order valence-corrected chi connectivity index (χ3v) is 6.05. The number of aromatic amines is 1. The van der Waals surface area contributed by atoms with Crippen molar-refractivity contribution in [3.05, 3.63) is 47.8 Å². The van der Waals surface area contributed by atoms with E-state index in [2.05, 4.69) is 15.1 Å². The Balaban J connectivity index is 1.27. The number of halogens is 1. The lowest BCUT2D eigenvalue weighted by molar-refractivity contribution is -0.151. The molecule has 0 saturated carbocycles. The molecule has 0 unspecified atom stereocenters. The molecule has 190 valence electrons. The van der Waals surface area contributed by atoms with E-state index >= 15 is 4.39 Å². The number of carbonyl (C=O) groups is 1. The van der Waals surface area contributed by atoms with Gasteiger partial charge in [-0.2, -0.15) is 10.1 Å². The van der Waals surface area contributed by atoms with Gasteiger partial charge in [0.1, 0.15) is 30.3 Å². The van der Waals surface area contributed by atoms with Gasteiger partial charge < -0.3 is 23.9 Å². The van der Waals surface area contributed by atoms with Gasteiger partial charge in [0.05, 0.1) is 26.0 Å². The van der Waals surface area contributed by atoms with E-state index in [0.717, 1.165) is 11.3 Å². The molecular formula is C25H28FN5O5. The van der Waals surface area contributed by atoms with Gasteiger partial charge in [-0.25, -0.2) is 8.91 Å². The van der Waals surface area contributed by atoms with Gasteiger partial charge in [-0.1, -0.05) is 0 Å². The molecule has 4 heterocycles. The van der Waals surface area contributed by atoms with Crippen molar-refractivity contribution in [2.45, 2.75) is 26.9 Å². The molecule has 10 nitrogen and oxygen atoms in total. The van der Waals surface area contributed by atoms with Gasteiger partial charge in [-0.3, -0.25) is 9.69 Å². The van der Waals surface area contributed by atoms with Crippen molar-refractivity contribution in [3.8, 4) is 17.4 Å². The Kier molecular flexibility index (Phi) is 6.75. The van der Waals surface area contributed by atoms with E-state index in [1.165, 1.54) is 6.33 Å². The summed E-state index contributed by atoms with van der Waals surface area (Å²) in [5.74, 6) is 0.0272. The third kappa shape index (κ3) is 4.98. The van der Waals surface area contributed by atoms with E-state index in [4.69, 9.17) is 18.9 Å². The lowest BCUT2D eigenvalue weighted by Crippen LogP contribution is -2.41. The van der Waals surface area contributed by atoms with E-state index in [-0.39, 0.29) is 30.8 Å². The van der Waals surface area contributed by atoms with Crippen molar-refractivity contribution in [2.24, 2.45) is 0 Å². The maximum absolute atomic E-state index is 15.1. The molecule has 1 N–H and O–H groups in total. The van der Waals surface area contributed by atoms with Crippen molar-refractivity contribution in [3.63, 3.8) is 0 Å². The van der Waals surface area contributed by atoms with Crippen LogP contribution in [-0.2, 0) is 14.3 Å². The topological polar surface area (TPSA) is 103 Å². The van der Waals surface area contributed by atoms with Crippen LogP contribution in [0.25, 0.3) is 16.4 Å². The predicted octanol–water partition coefficient (Wildman–Crippen LogP) is 3.40. The van der Waals surface area contributed by atoms with Gasteiger partial charge in [0.25, 0.3) is 0 Å². The number of hydrogen-bond donors (Lipinski definition) is 1. The number of rotatable bonds is 8.